The average Bonchev–Trinajstić information content (AvgIpc) is 3.24. The first-order valence-electron chi connectivity index (χ1n) is 11.4. The van der Waals surface area contributed by atoms with Gasteiger partial charge in [-0.1, -0.05) is 30.2 Å². The van der Waals surface area contributed by atoms with Gasteiger partial charge in [0.25, 0.3) is 5.91 Å². The fourth-order valence-corrected chi connectivity index (χ4v) is 3.88. The molecule has 5 rings (SSSR count). The molecule has 2 aromatic carbocycles. The number of rotatable bonds is 7. The second kappa shape index (κ2) is 10.5. The van der Waals surface area contributed by atoms with Crippen LogP contribution in [0.3, 0.4) is 0 Å². The second-order valence-electron chi connectivity index (χ2n) is 8.63. The quantitative estimate of drug-likeness (QED) is 0.291. The maximum absolute atomic E-state index is 13.6. The number of hydrogen-bond acceptors (Lipinski definition) is 3. The first-order valence-corrected chi connectivity index (χ1v) is 11.4. The highest BCUT2D eigenvalue weighted by Crippen LogP contribution is 2.32. The molecule has 0 fully saturated rings. The zero-order chi connectivity index (χ0) is 24.9. The van der Waals surface area contributed by atoms with Gasteiger partial charge in [-0.3, -0.25) is 4.79 Å². The molecule has 178 valence electrons. The number of hydrogen-bond donors (Lipinski definition) is 3. The normalized spacial score (nSPS) is 11.9. The van der Waals surface area contributed by atoms with Crippen molar-refractivity contribution in [3.05, 3.63) is 89.4 Å². The number of halogens is 1. The molecule has 1 unspecified atom stereocenters. The molecule has 0 aliphatic heterocycles. The summed E-state index contributed by atoms with van der Waals surface area (Å²) in [6, 6.07) is 17.4. The van der Waals surface area contributed by atoms with Gasteiger partial charge in [-0.25, -0.2) is 4.39 Å². The molecule has 0 saturated carbocycles. The Kier molecular flexibility index (Phi) is 7.19. The van der Waals surface area contributed by atoms with Crippen LogP contribution >= 0.6 is 0 Å². The Labute approximate surface area is 204 Å². The fourth-order valence-electron chi connectivity index (χ4n) is 3.88. The lowest BCUT2D eigenvalue weighted by atomic mass is 10.0. The predicted molar refractivity (Wildman–Crippen MR) is 136 cm³/mol. The third-order valence-electron chi connectivity index (χ3n) is 5.63. The van der Waals surface area contributed by atoms with Crippen LogP contribution in [-0.4, -0.2) is 34.8 Å². The Hall–Kier alpha value is -4.08. The zero-order valence-corrected chi connectivity index (χ0v) is 19.6. The number of H-pyrrole nitrogens is 1. The van der Waals surface area contributed by atoms with Crippen LogP contribution in [0.1, 0.15) is 35.3 Å². The van der Waals surface area contributed by atoms with Gasteiger partial charge in [0.15, 0.2) is 0 Å². The van der Waals surface area contributed by atoms with Crippen LogP contribution in [0.2, 0.25) is 0 Å². The number of amides is 1. The van der Waals surface area contributed by atoms with E-state index < -0.39 is 11.9 Å². The van der Waals surface area contributed by atoms with Gasteiger partial charge in [0.1, 0.15) is 11.6 Å². The standard InChI is InChI=1S/C23H23FN2O3.C6H4/c1-4-15-6-5-7-19(22(15)29-14(2)3)23(28)26-18(13-27)10-16-12-25-21-9-8-17(24)11-20(16)21;1-2-5-4-6(5)3-1/h1,5-9,11-12,14,18,25,27H,10,13H2,2-3H3,(H,26,28);1-4H. The number of ether oxygens (including phenoxy) is 1. The topological polar surface area (TPSA) is 74.4 Å². The first kappa shape index (κ1) is 24.1. The molecule has 0 spiro atoms. The number of terminal acetylenes is 1. The van der Waals surface area contributed by atoms with E-state index in [9.17, 15) is 14.3 Å². The van der Waals surface area contributed by atoms with Gasteiger partial charge in [-0.05, 0) is 73.4 Å². The van der Waals surface area contributed by atoms with Crippen molar-refractivity contribution < 1.29 is 19.0 Å². The number of carbonyl (C=O) groups excluding carboxylic acids is 1. The molecule has 2 aliphatic rings. The van der Waals surface area contributed by atoms with Crippen LogP contribution in [0.25, 0.3) is 22.0 Å². The Morgan fingerprint density at radius 2 is 1.89 bits per heavy atom. The van der Waals surface area contributed by atoms with Crippen molar-refractivity contribution >= 4 is 16.8 Å². The number of aromatic nitrogens is 1. The lowest BCUT2D eigenvalue weighted by Gasteiger charge is -2.19. The molecule has 3 aromatic rings. The molecular weight excluding hydrogens is 443 g/mol. The molecule has 1 amide bonds. The van der Waals surface area contributed by atoms with Gasteiger partial charge in [-0.15, -0.1) is 6.42 Å². The second-order valence-corrected chi connectivity index (χ2v) is 8.63. The Bertz CT molecular complexity index is 1380. The molecule has 35 heavy (non-hydrogen) atoms. The van der Waals surface area contributed by atoms with Crippen LogP contribution < -0.4 is 10.1 Å². The first-order chi connectivity index (χ1) is 16.9. The van der Waals surface area contributed by atoms with Gasteiger partial charge in [-0.2, -0.15) is 0 Å². The number of benzene rings is 3. The van der Waals surface area contributed by atoms with E-state index in [-0.39, 0.29) is 18.5 Å². The summed E-state index contributed by atoms with van der Waals surface area (Å²) in [4.78, 5) is 16.0. The molecule has 0 radical (unpaired) electrons. The summed E-state index contributed by atoms with van der Waals surface area (Å²) >= 11 is 0. The molecule has 1 atom stereocenters. The van der Waals surface area contributed by atoms with Crippen LogP contribution in [0.4, 0.5) is 4.39 Å². The van der Waals surface area contributed by atoms with Crippen molar-refractivity contribution in [3.63, 3.8) is 0 Å². The van der Waals surface area contributed by atoms with Crippen LogP contribution in [0.15, 0.2) is 66.9 Å². The summed E-state index contributed by atoms with van der Waals surface area (Å²) in [7, 11) is 0. The summed E-state index contributed by atoms with van der Waals surface area (Å²) < 4.78 is 19.4. The number of para-hydroxylation sites is 1. The molecule has 6 heteroatoms. The smallest absolute Gasteiger partial charge is 0.255 e. The molecule has 1 aromatic heterocycles. The Morgan fingerprint density at radius 1 is 1.14 bits per heavy atom. The highest BCUT2D eigenvalue weighted by molar-refractivity contribution is 5.98. The largest absolute Gasteiger partial charge is 0.489 e. The van der Waals surface area contributed by atoms with E-state index in [0.29, 0.717) is 23.3 Å². The number of nitrogens with one attached hydrogen (secondary N) is 2. The van der Waals surface area contributed by atoms with Crippen molar-refractivity contribution in [2.75, 3.05) is 6.61 Å². The predicted octanol–water partition coefficient (Wildman–Crippen LogP) is 5.08. The van der Waals surface area contributed by atoms with Crippen LogP contribution in [-0.2, 0) is 6.42 Å². The van der Waals surface area contributed by atoms with Crippen molar-refractivity contribution in [1.29, 1.82) is 0 Å². The minimum Gasteiger partial charge on any atom is -0.489 e. The molecule has 1 heterocycles. The van der Waals surface area contributed by atoms with Crippen molar-refractivity contribution in [3.8, 4) is 29.2 Å². The summed E-state index contributed by atoms with van der Waals surface area (Å²) in [6.45, 7) is 3.42. The van der Waals surface area contributed by atoms with Gasteiger partial charge in [0, 0.05) is 17.1 Å². The van der Waals surface area contributed by atoms with Gasteiger partial charge < -0.3 is 20.1 Å². The molecule has 3 N–H and O–H groups in total. The Morgan fingerprint density at radius 3 is 2.49 bits per heavy atom. The third-order valence-corrected chi connectivity index (χ3v) is 5.63. The van der Waals surface area contributed by atoms with E-state index in [1.807, 2.05) is 13.8 Å². The minimum absolute atomic E-state index is 0.161. The molecule has 2 aliphatic carbocycles. The SMILES string of the molecule is C#Cc1cccc(C(=O)NC(CO)Cc2c[nH]c3ccc(F)cc23)c1OC(C)C.c1cc2cc-2c1. The number of aliphatic hydroxyl groups excluding tert-OH is 1. The van der Waals surface area contributed by atoms with E-state index in [1.165, 1.54) is 23.3 Å². The highest BCUT2D eigenvalue weighted by Gasteiger charge is 2.21. The van der Waals surface area contributed by atoms with Crippen molar-refractivity contribution in [1.82, 2.24) is 10.3 Å². The summed E-state index contributed by atoms with van der Waals surface area (Å²) in [5, 5.41) is 13.3. The van der Waals surface area contributed by atoms with E-state index in [0.717, 1.165) is 16.5 Å². The third kappa shape index (κ3) is 5.71. The number of aromatic amines is 1. The molecule has 5 nitrogen and oxygen atoms in total. The van der Waals surface area contributed by atoms with Gasteiger partial charge in [0.2, 0.25) is 0 Å². The number of fused-ring (bicyclic) bond motifs is 2. The summed E-state index contributed by atoms with van der Waals surface area (Å²) in [6.07, 6.45) is 7.47. The molecule has 0 saturated heterocycles. The van der Waals surface area contributed by atoms with Crippen LogP contribution in [0.5, 0.6) is 5.75 Å². The van der Waals surface area contributed by atoms with Gasteiger partial charge >= 0.3 is 0 Å². The maximum Gasteiger partial charge on any atom is 0.255 e. The fraction of sp³-hybridized carbons (Fsp3) is 0.207. The van der Waals surface area contributed by atoms with Crippen molar-refractivity contribution in [2.24, 2.45) is 0 Å². The molecular formula is C29H27FN2O3. The monoisotopic (exact) mass is 470 g/mol. The molecule has 0 bridgehead atoms. The van der Waals surface area contributed by atoms with E-state index in [1.54, 1.807) is 30.5 Å². The van der Waals surface area contributed by atoms with Gasteiger partial charge in [0.05, 0.1) is 29.9 Å². The van der Waals surface area contributed by atoms with Crippen LogP contribution in [0, 0.1) is 18.2 Å². The highest BCUT2D eigenvalue weighted by atomic mass is 19.1. The lowest BCUT2D eigenvalue weighted by molar-refractivity contribution is 0.0910. The van der Waals surface area contributed by atoms with E-state index in [4.69, 9.17) is 11.2 Å². The lowest BCUT2D eigenvalue weighted by Crippen LogP contribution is -2.39. The average molecular weight is 471 g/mol. The number of aliphatic hydroxyl groups is 1. The summed E-state index contributed by atoms with van der Waals surface area (Å²) in [5.41, 5.74) is 5.23. The Balaban J connectivity index is 0.000000411. The van der Waals surface area contributed by atoms with E-state index >= 15 is 0 Å². The van der Waals surface area contributed by atoms with E-state index in [2.05, 4.69) is 40.5 Å². The summed E-state index contributed by atoms with van der Waals surface area (Å²) in [5.74, 6) is 2.13. The number of carbonyl (C=O) groups is 1. The maximum atomic E-state index is 13.6. The minimum atomic E-state index is -0.564. The van der Waals surface area contributed by atoms with Crippen molar-refractivity contribution in [2.45, 2.75) is 32.4 Å². The zero-order valence-electron chi connectivity index (χ0n) is 19.6.